The van der Waals surface area contributed by atoms with Gasteiger partial charge in [0.05, 0.1) is 49.0 Å². The first kappa shape index (κ1) is 58.6. The molecule has 0 radical (unpaired) electrons. The third-order valence-electron chi connectivity index (χ3n) is 7.92. The van der Waals surface area contributed by atoms with Crippen LogP contribution in [0, 0.1) is 0 Å². The summed E-state index contributed by atoms with van der Waals surface area (Å²) in [7, 11) is -25.3. The summed E-state index contributed by atoms with van der Waals surface area (Å²) in [5.74, 6) is -2.12. The Morgan fingerprint density at radius 1 is 0.688 bits per heavy atom. The quantitative estimate of drug-likeness (QED) is 0.0582. The van der Waals surface area contributed by atoms with Gasteiger partial charge < -0.3 is 23.7 Å². The molecule has 0 spiro atoms. The van der Waals surface area contributed by atoms with Crippen molar-refractivity contribution in [1.29, 1.82) is 0 Å². The summed E-state index contributed by atoms with van der Waals surface area (Å²) in [6, 6.07) is 14.0. The van der Waals surface area contributed by atoms with Gasteiger partial charge in [0.1, 0.15) is 36.0 Å². The summed E-state index contributed by atoms with van der Waals surface area (Å²) in [6.45, 7) is -0.886. The van der Waals surface area contributed by atoms with E-state index in [0.717, 1.165) is 42.5 Å². The van der Waals surface area contributed by atoms with Gasteiger partial charge in [-0.3, -0.25) is 9.54 Å². The van der Waals surface area contributed by atoms with Crippen LogP contribution in [0.2, 0.25) is 5.28 Å². The molecule has 64 heavy (non-hydrogen) atoms. The summed E-state index contributed by atoms with van der Waals surface area (Å²) in [5, 5.41) is 19.2. The second kappa shape index (κ2) is 22.7. The molecule has 0 aliphatic carbocycles. The maximum atomic E-state index is 14.0. The molecule has 6 rings (SSSR count). The summed E-state index contributed by atoms with van der Waals surface area (Å²) in [4.78, 5) is 14.0. The average Bonchev–Trinajstić information content (AvgIpc) is 3.12. The molecule has 23 nitrogen and oxygen atoms in total. The number of azo groups is 1. The van der Waals surface area contributed by atoms with Crippen LogP contribution in [-0.2, 0) is 54.8 Å². The minimum Gasteiger partial charge on any atom is -0.870 e. The van der Waals surface area contributed by atoms with E-state index in [0.29, 0.717) is 0 Å². The molecule has 0 saturated heterocycles. The smallest absolute Gasteiger partial charge is 0.870 e. The number of hydrogen-bond acceptors (Lipinski definition) is 20. The molecule has 6 aromatic rings. The molecule has 0 unspecified atom stereocenters. The van der Waals surface area contributed by atoms with E-state index in [4.69, 9.17) is 16.2 Å². The topological polar surface area (TPSA) is 386 Å². The largest absolute Gasteiger partial charge is 1.00 e. The van der Waals surface area contributed by atoms with Gasteiger partial charge in [-0.2, -0.15) is 13.4 Å². The molecular formula is C31H20ClN7Na4O16S5. The van der Waals surface area contributed by atoms with E-state index in [1.165, 1.54) is 36.4 Å². The fourth-order valence-electron chi connectivity index (χ4n) is 5.55. The SMILES string of the molecule is O=S(=O)(O)OCCS(=O)(=O)c1cccc(N=c2nc(Cl)[nH]c(=Nc3cccc4cc(S(=O)(=O)[O-])c(N=Nc5ccc6c(S(=O)(=O)[O-])cccc6c5S(=O)(=O)[O-])c([O-])c34)[nH]2)c1.[Na+].[Na+].[Na+].[Na+]. The number of aromatic amines is 2. The van der Waals surface area contributed by atoms with Crippen LogP contribution in [0.1, 0.15) is 0 Å². The minimum absolute atomic E-state index is 0. The molecule has 1 heterocycles. The first-order valence-electron chi connectivity index (χ1n) is 15.8. The van der Waals surface area contributed by atoms with E-state index in [-0.39, 0.29) is 162 Å². The number of H-pyrrole nitrogens is 2. The van der Waals surface area contributed by atoms with Crippen molar-refractivity contribution in [3.05, 3.63) is 95.4 Å². The first-order chi connectivity index (χ1) is 27.8. The van der Waals surface area contributed by atoms with Crippen LogP contribution < -0.4 is 135 Å². The van der Waals surface area contributed by atoms with Gasteiger partial charge in [-0.25, -0.2) is 47.8 Å². The molecular weight excluding hydrogens is 1010 g/mol. The maximum Gasteiger partial charge on any atom is 1.00 e. The maximum absolute atomic E-state index is 14.0. The van der Waals surface area contributed by atoms with Crippen molar-refractivity contribution in [2.75, 3.05) is 12.4 Å². The molecule has 1 aromatic heterocycles. The van der Waals surface area contributed by atoms with E-state index in [2.05, 4.69) is 39.3 Å². The van der Waals surface area contributed by atoms with Crippen molar-refractivity contribution >= 4 is 106 Å². The van der Waals surface area contributed by atoms with E-state index < -0.39 is 106 Å². The van der Waals surface area contributed by atoms with Crippen molar-refractivity contribution < 1.29 is 188 Å². The van der Waals surface area contributed by atoms with Crippen molar-refractivity contribution in [3.63, 3.8) is 0 Å². The van der Waals surface area contributed by atoms with Crippen LogP contribution in [0.25, 0.3) is 21.5 Å². The Labute approximate surface area is 456 Å². The van der Waals surface area contributed by atoms with Crippen molar-refractivity contribution in [3.8, 4) is 5.75 Å². The van der Waals surface area contributed by atoms with Gasteiger partial charge in [0, 0.05) is 16.2 Å². The van der Waals surface area contributed by atoms with E-state index in [1.54, 1.807) is 0 Å². The predicted octanol–water partition coefficient (Wildman–Crippen LogP) is -10.0. The Balaban J connectivity index is 0.00000352. The number of sulfone groups is 1. The fraction of sp³-hybridized carbons (Fsp3) is 0.0645. The molecule has 33 heteroatoms. The van der Waals surface area contributed by atoms with Gasteiger partial charge in [-0.15, -0.1) is 10.2 Å². The molecule has 316 valence electrons. The number of nitrogens with one attached hydrogen (secondary N) is 2. The minimum atomic E-state index is -5.56. The number of nitrogens with zero attached hydrogens (tertiary/aromatic N) is 5. The molecule has 0 fully saturated rings. The number of aromatic nitrogens is 3. The van der Waals surface area contributed by atoms with Crippen LogP contribution in [0.15, 0.2) is 119 Å². The molecule has 5 aromatic carbocycles. The Bertz CT molecular complexity index is 3540. The van der Waals surface area contributed by atoms with E-state index in [1.807, 2.05) is 0 Å². The normalized spacial score (nSPS) is 13.0. The van der Waals surface area contributed by atoms with Crippen LogP contribution in [-0.4, -0.2) is 87.6 Å². The Morgan fingerprint density at radius 2 is 1.33 bits per heavy atom. The fourth-order valence-corrected chi connectivity index (χ4v) is 9.39. The van der Waals surface area contributed by atoms with E-state index in [9.17, 15) is 60.9 Å². The number of benzene rings is 5. The average molecular weight is 1030 g/mol. The zero-order valence-electron chi connectivity index (χ0n) is 33.1. The second-order valence-electron chi connectivity index (χ2n) is 11.9. The van der Waals surface area contributed by atoms with Crippen molar-refractivity contribution in [1.82, 2.24) is 15.0 Å². The zero-order valence-corrected chi connectivity index (χ0v) is 46.0. The first-order valence-corrected chi connectivity index (χ1v) is 23.5. The summed E-state index contributed by atoms with van der Waals surface area (Å²) >= 11 is 6.15. The second-order valence-corrected chi connectivity index (χ2v) is 19.4. The summed E-state index contributed by atoms with van der Waals surface area (Å²) in [6.07, 6.45) is 0. The summed E-state index contributed by atoms with van der Waals surface area (Å²) in [5.41, 5.74) is -2.79. The molecule has 0 saturated carbocycles. The number of hydrogen-bond donors (Lipinski definition) is 3. The Hall–Kier alpha value is -1.53. The predicted molar refractivity (Wildman–Crippen MR) is 200 cm³/mol. The van der Waals surface area contributed by atoms with Gasteiger partial charge in [0.25, 0.3) is 0 Å². The van der Waals surface area contributed by atoms with Crippen LogP contribution in [0.3, 0.4) is 0 Å². The number of fused-ring (bicyclic) bond motifs is 2. The standard InChI is InChI=1S/C31H24ClN7O16S5.4Na/c32-29-35-30(33-17-5-2-6-18(15-17)56(41,42)13-12-55-60(52,53)54)37-31(36-29)34-21-8-1-4-16-14-24(58(46,47)48)26(27(40)25(16)21)39-38-22-11-10-19-20(28(22)59(49,50)51)7-3-9-23(19)57(43,44)45;;;;/h1-11,14-15,40H,12-13H2,(H,43,44,45)(H,46,47,48)(H,49,50,51)(H,52,53,54)(H2,33,34,35,36,37);;;;/q;4*+1/p-4. The molecule has 0 amide bonds. The van der Waals surface area contributed by atoms with E-state index >= 15 is 0 Å². The number of halogens is 1. The molecule has 0 bridgehead atoms. The molecule has 0 aliphatic heterocycles. The van der Waals surface area contributed by atoms with Gasteiger partial charge in [0.15, 0.2) is 9.84 Å². The van der Waals surface area contributed by atoms with Crippen molar-refractivity contribution in [2.45, 2.75) is 19.6 Å². The van der Waals surface area contributed by atoms with Gasteiger partial charge in [-0.1, -0.05) is 42.1 Å². The molecule has 0 atom stereocenters. The third-order valence-corrected chi connectivity index (χ3v) is 12.9. The monoisotopic (exact) mass is 1030 g/mol. The van der Waals surface area contributed by atoms with Gasteiger partial charge in [-0.05, 0) is 59.5 Å². The Kier molecular flexibility index (Phi) is 20.8. The molecule has 3 N–H and O–H groups in total. The van der Waals surface area contributed by atoms with Crippen molar-refractivity contribution in [2.24, 2.45) is 20.2 Å². The Morgan fingerprint density at radius 3 is 1.95 bits per heavy atom. The summed E-state index contributed by atoms with van der Waals surface area (Å²) < 4.78 is 170. The third kappa shape index (κ3) is 14.3. The van der Waals surface area contributed by atoms with Gasteiger partial charge >= 0.3 is 129 Å². The number of rotatable bonds is 12. The van der Waals surface area contributed by atoms with Gasteiger partial charge in [0.2, 0.25) is 16.5 Å². The van der Waals surface area contributed by atoms with Crippen LogP contribution in [0.5, 0.6) is 5.75 Å². The zero-order chi connectivity index (χ0) is 44.0. The van der Waals surface area contributed by atoms with Crippen LogP contribution >= 0.6 is 11.6 Å². The molecule has 0 aliphatic rings. The van der Waals surface area contributed by atoms with Crippen LogP contribution in [0.4, 0.5) is 22.7 Å².